The molecular formula is AlMgO2+. The van der Waals surface area contributed by atoms with E-state index in [0.29, 0.717) is 0 Å². The van der Waals surface area contributed by atoms with Crippen molar-refractivity contribution in [1.29, 1.82) is 0 Å². The summed E-state index contributed by atoms with van der Waals surface area (Å²) in [7, 11) is 0. The summed E-state index contributed by atoms with van der Waals surface area (Å²) in [6.07, 6.45) is 0. The van der Waals surface area contributed by atoms with Crippen molar-refractivity contribution in [3.05, 3.63) is 0 Å². The molecule has 0 amide bonds. The molecule has 0 bridgehead atoms. The van der Waals surface area contributed by atoms with Crippen LogP contribution in [0, 0.1) is 0 Å². The third-order valence-corrected chi connectivity index (χ3v) is 0. The fourth-order valence-corrected chi connectivity index (χ4v) is 0. The van der Waals surface area contributed by atoms with Crippen LogP contribution < -0.4 is 0 Å². The van der Waals surface area contributed by atoms with Crippen LogP contribution in [0.3, 0.4) is 0 Å². The summed E-state index contributed by atoms with van der Waals surface area (Å²) in [4.78, 5) is 0. The Morgan fingerprint density at radius 3 is 1.25 bits per heavy atom. The molecule has 4 heteroatoms. The molecule has 0 rings (SSSR count). The Labute approximate surface area is 48.7 Å². The van der Waals surface area contributed by atoms with Crippen molar-refractivity contribution < 1.29 is 9.28 Å². The van der Waals surface area contributed by atoms with Crippen molar-refractivity contribution in [2.75, 3.05) is 0 Å². The Bertz CT molecular complexity index is 6.00. The summed E-state index contributed by atoms with van der Waals surface area (Å²) >= 11 is 1.17. The molecule has 0 aromatic rings. The van der Waals surface area contributed by atoms with E-state index in [1.165, 1.54) is 16.2 Å². The zero-order valence-electron chi connectivity index (χ0n) is 2.10. The molecule has 0 radical (unpaired) electrons. The van der Waals surface area contributed by atoms with Crippen molar-refractivity contribution in [3.8, 4) is 0 Å². The second-order valence-corrected chi connectivity index (χ2v) is 0. The molecule has 0 saturated carbocycles. The molecule has 0 aliphatic heterocycles. The molecule has 0 aliphatic carbocycles. The van der Waals surface area contributed by atoms with Crippen molar-refractivity contribution in [3.63, 3.8) is 0 Å². The van der Waals surface area contributed by atoms with Gasteiger partial charge in [-0.15, -0.1) is 0 Å². The Hall–Kier alpha value is 1.06. The first-order valence-corrected chi connectivity index (χ1v) is 0.707. The summed E-state index contributed by atoms with van der Waals surface area (Å²) in [5.74, 6) is 0. The number of hydrogen-bond acceptors (Lipinski definition) is 1. The fourth-order valence-electron chi connectivity index (χ4n) is 0. The van der Waals surface area contributed by atoms with Gasteiger partial charge in [0.05, 0.1) is 0 Å². The molecule has 0 unspecified atom stereocenters. The minimum atomic E-state index is 0. The van der Waals surface area contributed by atoms with Gasteiger partial charge in [0.2, 0.25) is 0 Å². The van der Waals surface area contributed by atoms with Gasteiger partial charge in [-0.25, -0.2) is 0 Å². The molecule has 0 aromatic carbocycles. The van der Waals surface area contributed by atoms with Gasteiger partial charge in [-0.1, -0.05) is 0 Å². The van der Waals surface area contributed by atoms with Crippen molar-refractivity contribution >= 4 is 39.3 Å². The Morgan fingerprint density at radius 1 is 1.25 bits per heavy atom. The Balaban J connectivity index is -0.00000000500. The van der Waals surface area contributed by atoms with Crippen LogP contribution >= 0.6 is 0 Å². The molecule has 0 atom stereocenters. The summed E-state index contributed by atoms with van der Waals surface area (Å²) in [5, 5.41) is 0. The Morgan fingerprint density at radius 2 is 1.25 bits per heavy atom. The van der Waals surface area contributed by atoms with Crippen LogP contribution in [0.1, 0.15) is 0 Å². The standard InChI is InChI=1S/Al.Mg.2O/q+1;+2;;-2. The van der Waals surface area contributed by atoms with Crippen molar-refractivity contribution in [2.45, 2.75) is 0 Å². The normalized spacial score (nSPS) is 1.50. The first-order chi connectivity index (χ1) is 1.00. The van der Waals surface area contributed by atoms with E-state index >= 15 is 0 Å². The van der Waals surface area contributed by atoms with Crippen molar-refractivity contribution in [1.82, 2.24) is 0 Å². The molecule has 0 heterocycles. The van der Waals surface area contributed by atoms with Crippen LogP contribution in [0.2, 0.25) is 0 Å². The molecule has 0 spiro atoms. The van der Waals surface area contributed by atoms with Crippen LogP contribution in [0.5, 0.6) is 0 Å². The third kappa shape index (κ3) is 11.6. The molecular weight excluding hydrogens is 83.3 g/mol. The SMILES string of the molecule is [Mg+2].[O-2].[O]=[Al+]. The average molecular weight is 83.3 g/mol. The van der Waals surface area contributed by atoms with Gasteiger partial charge in [0, 0.05) is 0 Å². The molecule has 4 heavy (non-hydrogen) atoms. The third-order valence-electron chi connectivity index (χ3n) is 0. The summed E-state index contributed by atoms with van der Waals surface area (Å²) in [6.45, 7) is 0. The van der Waals surface area contributed by atoms with E-state index in [-0.39, 0.29) is 28.5 Å². The summed E-state index contributed by atoms with van der Waals surface area (Å²) < 4.78 is 8.17. The van der Waals surface area contributed by atoms with Gasteiger partial charge in [-0.2, -0.15) is 0 Å². The summed E-state index contributed by atoms with van der Waals surface area (Å²) in [5.41, 5.74) is 0. The first-order valence-electron chi connectivity index (χ1n) is 0.236. The van der Waals surface area contributed by atoms with E-state index in [1.54, 1.807) is 0 Å². The van der Waals surface area contributed by atoms with E-state index < -0.39 is 0 Å². The van der Waals surface area contributed by atoms with Gasteiger partial charge in [-0.3, -0.25) is 0 Å². The van der Waals surface area contributed by atoms with Gasteiger partial charge < -0.3 is 5.48 Å². The van der Waals surface area contributed by atoms with E-state index in [2.05, 4.69) is 0 Å². The summed E-state index contributed by atoms with van der Waals surface area (Å²) in [6, 6.07) is 0. The van der Waals surface area contributed by atoms with Crippen LogP contribution in [-0.2, 0) is 9.28 Å². The van der Waals surface area contributed by atoms with E-state index in [4.69, 9.17) is 3.80 Å². The first kappa shape index (κ1) is 19.7. The number of hydrogen-bond donors (Lipinski definition) is 0. The average Bonchev–Trinajstić information content (AvgIpc) is 1.00. The van der Waals surface area contributed by atoms with Gasteiger partial charge in [0.1, 0.15) is 0 Å². The van der Waals surface area contributed by atoms with Gasteiger partial charge in [0.25, 0.3) is 0 Å². The van der Waals surface area contributed by atoms with E-state index in [1.807, 2.05) is 0 Å². The van der Waals surface area contributed by atoms with E-state index in [0.717, 1.165) is 0 Å². The zero-order chi connectivity index (χ0) is 2.00. The molecule has 0 saturated heterocycles. The van der Waals surface area contributed by atoms with Gasteiger partial charge >= 0.3 is 43.1 Å². The van der Waals surface area contributed by atoms with E-state index in [9.17, 15) is 0 Å². The Kier molecular flexibility index (Phi) is 167. The van der Waals surface area contributed by atoms with Crippen LogP contribution in [0.15, 0.2) is 0 Å². The molecule has 0 N–H and O–H groups in total. The predicted octanol–water partition coefficient (Wildman–Crippen LogP) is -0.999. The molecule has 0 aromatic heterocycles. The van der Waals surface area contributed by atoms with Crippen LogP contribution in [-0.4, -0.2) is 39.3 Å². The molecule has 0 aliphatic rings. The minimum absolute atomic E-state index is 0. The van der Waals surface area contributed by atoms with Gasteiger partial charge in [0.15, 0.2) is 0 Å². The van der Waals surface area contributed by atoms with Gasteiger partial charge in [-0.05, 0) is 0 Å². The maximum atomic E-state index is 8.17. The monoisotopic (exact) mass is 83.0 g/mol. The topological polar surface area (TPSA) is 45.6 Å². The van der Waals surface area contributed by atoms with Crippen LogP contribution in [0.4, 0.5) is 0 Å². The molecule has 16 valence electrons. The maximum absolute atomic E-state index is 8.17. The number of rotatable bonds is 0. The fraction of sp³-hybridized carbons (Fsp3) is 0. The predicted molar refractivity (Wildman–Crippen MR) is 12.9 cm³/mol. The quantitative estimate of drug-likeness (QED) is 0.347. The molecule has 0 fully saturated rings. The molecule has 2 nitrogen and oxygen atoms in total. The second-order valence-electron chi connectivity index (χ2n) is 0. The van der Waals surface area contributed by atoms with Crippen molar-refractivity contribution in [2.24, 2.45) is 0 Å². The second kappa shape index (κ2) is 33.9. The zero-order valence-corrected chi connectivity index (χ0v) is 4.67. The van der Waals surface area contributed by atoms with Crippen LogP contribution in [0.25, 0.3) is 0 Å².